The Morgan fingerprint density at radius 2 is 1.55 bits per heavy atom. The van der Waals surface area contributed by atoms with Crippen molar-refractivity contribution >= 4 is 5.69 Å². The van der Waals surface area contributed by atoms with E-state index >= 15 is 0 Å². The normalized spacial score (nSPS) is 11.5. The van der Waals surface area contributed by atoms with E-state index in [4.69, 9.17) is 4.74 Å². The summed E-state index contributed by atoms with van der Waals surface area (Å²) < 4.78 is 4.83. The third-order valence-electron chi connectivity index (χ3n) is 5.79. The lowest BCUT2D eigenvalue weighted by molar-refractivity contribution is -0.384. The Hall–Kier alpha value is -3.18. The predicted molar refractivity (Wildman–Crippen MR) is 135 cm³/mol. The molecular weight excluding hydrogens is 414 g/mol. The van der Waals surface area contributed by atoms with Gasteiger partial charge in [-0.3, -0.25) is 10.1 Å². The molecule has 0 aliphatic rings. The molecule has 176 valence electrons. The highest BCUT2D eigenvalue weighted by atomic mass is 16.6. The number of nitrogens with zero attached hydrogens (tertiary/aromatic N) is 1. The van der Waals surface area contributed by atoms with Crippen LogP contribution in [0.5, 0.6) is 5.75 Å². The molecule has 0 fully saturated rings. The van der Waals surface area contributed by atoms with Gasteiger partial charge in [0, 0.05) is 25.3 Å². The fourth-order valence-corrected chi connectivity index (χ4v) is 4.00. The zero-order valence-corrected chi connectivity index (χ0v) is 20.5. The van der Waals surface area contributed by atoms with Crippen molar-refractivity contribution in [3.63, 3.8) is 0 Å². The van der Waals surface area contributed by atoms with Crippen molar-refractivity contribution in [2.75, 3.05) is 13.2 Å². The average Bonchev–Trinajstić information content (AvgIpc) is 2.78. The van der Waals surface area contributed by atoms with Gasteiger partial charge in [-0.1, -0.05) is 25.1 Å². The first-order valence-corrected chi connectivity index (χ1v) is 11.4. The SMILES string of the molecule is CCOCC.Cc1cc(O)ccc1CC(C)c1cc(C)c(-c2ccc([N+](=O)[O-])cc2)cc1C. The summed E-state index contributed by atoms with van der Waals surface area (Å²) in [6.07, 6.45) is 0.906. The average molecular weight is 450 g/mol. The zero-order valence-electron chi connectivity index (χ0n) is 20.5. The minimum atomic E-state index is -0.377. The molecule has 0 saturated heterocycles. The molecule has 0 aromatic heterocycles. The molecule has 0 radical (unpaired) electrons. The van der Waals surface area contributed by atoms with E-state index in [9.17, 15) is 15.2 Å². The van der Waals surface area contributed by atoms with Gasteiger partial charge in [-0.2, -0.15) is 0 Å². The first-order chi connectivity index (χ1) is 15.7. The van der Waals surface area contributed by atoms with E-state index in [0.29, 0.717) is 11.7 Å². The van der Waals surface area contributed by atoms with E-state index in [1.807, 2.05) is 39.0 Å². The number of aryl methyl sites for hydroxylation is 3. The number of ether oxygens (including phenoxy) is 1. The zero-order chi connectivity index (χ0) is 24.5. The van der Waals surface area contributed by atoms with E-state index in [-0.39, 0.29) is 10.6 Å². The number of phenols is 1. The molecule has 0 amide bonds. The number of aromatic hydroxyl groups is 1. The van der Waals surface area contributed by atoms with Crippen molar-refractivity contribution in [2.24, 2.45) is 0 Å². The van der Waals surface area contributed by atoms with Crippen LogP contribution in [0.15, 0.2) is 54.6 Å². The first kappa shape index (κ1) is 26.1. The molecule has 0 heterocycles. The number of nitro benzene ring substituents is 1. The maximum atomic E-state index is 10.9. The standard InChI is InChI=1S/C24H25NO3.C4H10O/c1-15-12-22(26)10-7-20(15)11-16(2)23-13-18(4)24(14-17(23)3)19-5-8-21(9-6-19)25(27)28;1-3-5-4-2/h5-10,12-14,16,26H,11H2,1-4H3;3-4H2,1-2H3. The molecule has 3 aromatic carbocycles. The lowest BCUT2D eigenvalue weighted by atomic mass is 9.86. The molecule has 5 nitrogen and oxygen atoms in total. The quantitative estimate of drug-likeness (QED) is 0.304. The lowest BCUT2D eigenvalue weighted by Crippen LogP contribution is -2.03. The molecule has 1 N–H and O–H groups in total. The van der Waals surface area contributed by atoms with Crippen molar-refractivity contribution < 1.29 is 14.8 Å². The molecule has 3 rings (SSSR count). The molecule has 0 spiro atoms. The Labute approximate surface area is 197 Å². The summed E-state index contributed by atoms with van der Waals surface area (Å²) >= 11 is 0. The van der Waals surface area contributed by atoms with Crippen LogP contribution in [0, 0.1) is 30.9 Å². The van der Waals surface area contributed by atoms with Gasteiger partial charge in [0.05, 0.1) is 4.92 Å². The molecule has 1 atom stereocenters. The van der Waals surface area contributed by atoms with Gasteiger partial charge in [-0.15, -0.1) is 0 Å². The van der Waals surface area contributed by atoms with Crippen molar-refractivity contribution in [1.29, 1.82) is 0 Å². The lowest BCUT2D eigenvalue weighted by Gasteiger charge is -2.19. The minimum Gasteiger partial charge on any atom is -0.508 e. The first-order valence-electron chi connectivity index (χ1n) is 11.4. The monoisotopic (exact) mass is 449 g/mol. The van der Waals surface area contributed by atoms with E-state index in [0.717, 1.165) is 41.9 Å². The van der Waals surface area contributed by atoms with Gasteiger partial charge in [-0.25, -0.2) is 0 Å². The van der Waals surface area contributed by atoms with Crippen LogP contribution in [0.2, 0.25) is 0 Å². The Bertz CT molecular complexity index is 1070. The molecular formula is C28H35NO4. The smallest absolute Gasteiger partial charge is 0.269 e. The molecule has 0 saturated carbocycles. The molecule has 5 heteroatoms. The molecule has 3 aromatic rings. The highest BCUT2D eigenvalue weighted by molar-refractivity contribution is 5.70. The van der Waals surface area contributed by atoms with Gasteiger partial charge in [-0.05, 0) is 110 Å². The van der Waals surface area contributed by atoms with Crippen LogP contribution in [-0.4, -0.2) is 23.2 Å². The van der Waals surface area contributed by atoms with E-state index in [1.54, 1.807) is 24.3 Å². The van der Waals surface area contributed by atoms with Crippen LogP contribution in [0.3, 0.4) is 0 Å². The molecule has 0 aliphatic heterocycles. The van der Waals surface area contributed by atoms with Crippen molar-refractivity contribution in [3.8, 4) is 16.9 Å². The van der Waals surface area contributed by atoms with Crippen molar-refractivity contribution in [2.45, 2.75) is 53.9 Å². The number of benzene rings is 3. The van der Waals surface area contributed by atoms with Crippen LogP contribution >= 0.6 is 0 Å². The summed E-state index contributed by atoms with van der Waals surface area (Å²) in [5.41, 5.74) is 8.20. The van der Waals surface area contributed by atoms with E-state index in [1.165, 1.54) is 16.7 Å². The summed E-state index contributed by atoms with van der Waals surface area (Å²) in [5, 5.41) is 20.5. The molecule has 33 heavy (non-hydrogen) atoms. The summed E-state index contributed by atoms with van der Waals surface area (Å²) in [6.45, 7) is 14.1. The van der Waals surface area contributed by atoms with Gasteiger partial charge in [0.15, 0.2) is 0 Å². The second-order valence-electron chi connectivity index (χ2n) is 8.33. The van der Waals surface area contributed by atoms with E-state index < -0.39 is 0 Å². The Balaban J connectivity index is 0.000000696. The topological polar surface area (TPSA) is 72.6 Å². The largest absolute Gasteiger partial charge is 0.508 e. The second-order valence-corrected chi connectivity index (χ2v) is 8.33. The summed E-state index contributed by atoms with van der Waals surface area (Å²) in [7, 11) is 0. The van der Waals surface area contributed by atoms with Crippen molar-refractivity contribution in [1.82, 2.24) is 0 Å². The number of rotatable bonds is 7. The number of hydrogen-bond donors (Lipinski definition) is 1. The summed E-state index contributed by atoms with van der Waals surface area (Å²) in [5.74, 6) is 0.640. The Morgan fingerprint density at radius 1 is 0.909 bits per heavy atom. The number of hydrogen-bond acceptors (Lipinski definition) is 4. The van der Waals surface area contributed by atoms with E-state index in [2.05, 4.69) is 32.9 Å². The molecule has 0 aliphatic carbocycles. The third kappa shape index (κ3) is 7.16. The number of phenolic OH excluding ortho intramolecular Hbond substituents is 1. The van der Waals surface area contributed by atoms with Crippen LogP contribution < -0.4 is 0 Å². The van der Waals surface area contributed by atoms with Gasteiger partial charge >= 0.3 is 0 Å². The second kappa shape index (κ2) is 12.2. The maximum absolute atomic E-state index is 10.9. The van der Waals surface area contributed by atoms with Crippen LogP contribution in [0.1, 0.15) is 54.5 Å². The van der Waals surface area contributed by atoms with Crippen LogP contribution in [0.4, 0.5) is 5.69 Å². The van der Waals surface area contributed by atoms with Crippen LogP contribution in [-0.2, 0) is 11.2 Å². The van der Waals surface area contributed by atoms with Gasteiger partial charge in [0.2, 0.25) is 0 Å². The molecule has 1 unspecified atom stereocenters. The van der Waals surface area contributed by atoms with Crippen LogP contribution in [0.25, 0.3) is 11.1 Å². The minimum absolute atomic E-state index is 0.104. The van der Waals surface area contributed by atoms with Gasteiger partial charge in [0.25, 0.3) is 5.69 Å². The Kier molecular flexibility index (Phi) is 9.61. The van der Waals surface area contributed by atoms with Gasteiger partial charge in [0.1, 0.15) is 5.75 Å². The highest BCUT2D eigenvalue weighted by Gasteiger charge is 2.15. The molecule has 0 bridgehead atoms. The van der Waals surface area contributed by atoms with Crippen molar-refractivity contribution in [3.05, 3.63) is 92.5 Å². The number of non-ortho nitro benzene ring substituents is 1. The third-order valence-corrected chi connectivity index (χ3v) is 5.79. The summed E-state index contributed by atoms with van der Waals surface area (Å²) in [4.78, 5) is 10.5. The maximum Gasteiger partial charge on any atom is 0.269 e. The van der Waals surface area contributed by atoms with Gasteiger partial charge < -0.3 is 9.84 Å². The predicted octanol–water partition coefficient (Wildman–Crippen LogP) is 7.28. The fourth-order valence-electron chi connectivity index (χ4n) is 4.00. The summed E-state index contributed by atoms with van der Waals surface area (Å²) in [6, 6.07) is 16.7. The Morgan fingerprint density at radius 3 is 2.06 bits per heavy atom. The number of nitro groups is 1. The highest BCUT2D eigenvalue weighted by Crippen LogP contribution is 2.32. The fraction of sp³-hybridized carbons (Fsp3) is 0.357.